The second kappa shape index (κ2) is 7.57. The van der Waals surface area contributed by atoms with Crippen LogP contribution in [0.1, 0.15) is 23.2 Å². The minimum Gasteiger partial charge on any atom is -0.314 e. The maximum absolute atomic E-state index is 13.4. The molecule has 1 aliphatic heterocycles. The second-order valence-electron chi connectivity index (χ2n) is 6.60. The SMILES string of the molecule is Cc1cc(C(F)(F)F)c(C#N)c(N2C(=O)C[C@H]2C(=O)N(C)c2ccc(F)c(Cl)c2)n1. The van der Waals surface area contributed by atoms with Gasteiger partial charge >= 0.3 is 6.18 Å². The van der Waals surface area contributed by atoms with Crippen LogP contribution in [-0.4, -0.2) is 29.9 Å². The number of anilines is 2. The van der Waals surface area contributed by atoms with Crippen LogP contribution in [0.5, 0.6) is 0 Å². The van der Waals surface area contributed by atoms with Gasteiger partial charge in [0.25, 0.3) is 5.91 Å². The van der Waals surface area contributed by atoms with Crippen molar-refractivity contribution in [2.75, 3.05) is 16.8 Å². The van der Waals surface area contributed by atoms with E-state index in [1.807, 2.05) is 0 Å². The Morgan fingerprint density at radius 2 is 2.03 bits per heavy atom. The van der Waals surface area contributed by atoms with Crippen molar-refractivity contribution in [2.24, 2.45) is 0 Å². The van der Waals surface area contributed by atoms with Crippen molar-refractivity contribution in [3.8, 4) is 6.07 Å². The lowest BCUT2D eigenvalue weighted by molar-refractivity contribution is -0.138. The van der Waals surface area contributed by atoms with E-state index in [-0.39, 0.29) is 22.8 Å². The highest BCUT2D eigenvalue weighted by molar-refractivity contribution is 6.31. The molecule has 1 aliphatic rings. The van der Waals surface area contributed by atoms with Crippen LogP contribution in [0.4, 0.5) is 29.1 Å². The summed E-state index contributed by atoms with van der Waals surface area (Å²) in [5.41, 5.74) is -1.93. The number of carbonyl (C=O) groups excluding carboxylic acids is 2. The first-order valence-corrected chi connectivity index (χ1v) is 8.87. The van der Waals surface area contributed by atoms with Crippen molar-refractivity contribution >= 4 is 34.9 Å². The van der Waals surface area contributed by atoms with Gasteiger partial charge in [0, 0.05) is 18.4 Å². The zero-order valence-electron chi connectivity index (χ0n) is 15.6. The predicted octanol–water partition coefficient (Wildman–Crippen LogP) is 3.84. The minimum atomic E-state index is -4.84. The summed E-state index contributed by atoms with van der Waals surface area (Å²) in [6, 6.07) is 4.52. The van der Waals surface area contributed by atoms with Gasteiger partial charge in [0.15, 0.2) is 5.82 Å². The minimum absolute atomic E-state index is 0.0686. The summed E-state index contributed by atoms with van der Waals surface area (Å²) in [4.78, 5) is 30.9. The summed E-state index contributed by atoms with van der Waals surface area (Å²) < 4.78 is 53.4. The molecule has 11 heteroatoms. The molecule has 0 spiro atoms. The molecular weight excluding hydrogens is 428 g/mol. The largest absolute Gasteiger partial charge is 0.417 e. The lowest BCUT2D eigenvalue weighted by atomic mass is 9.97. The third-order valence-corrected chi connectivity index (χ3v) is 4.92. The molecule has 0 aliphatic carbocycles. The van der Waals surface area contributed by atoms with Crippen LogP contribution in [0.3, 0.4) is 0 Å². The number of benzene rings is 1. The molecule has 6 nitrogen and oxygen atoms in total. The van der Waals surface area contributed by atoms with Crippen molar-refractivity contribution in [3.05, 3.63) is 51.9 Å². The summed E-state index contributed by atoms with van der Waals surface area (Å²) >= 11 is 5.72. The fourth-order valence-electron chi connectivity index (χ4n) is 3.09. The number of rotatable bonds is 3. The molecule has 1 aromatic carbocycles. The number of carbonyl (C=O) groups is 2. The van der Waals surface area contributed by atoms with Crippen LogP contribution in [-0.2, 0) is 15.8 Å². The molecule has 30 heavy (non-hydrogen) atoms. The van der Waals surface area contributed by atoms with E-state index in [1.165, 1.54) is 32.2 Å². The number of hydrogen-bond acceptors (Lipinski definition) is 4. The Labute approximate surface area is 173 Å². The third kappa shape index (κ3) is 3.68. The van der Waals surface area contributed by atoms with Gasteiger partial charge in [-0.15, -0.1) is 0 Å². The number of nitrogens with zero attached hydrogens (tertiary/aromatic N) is 4. The Morgan fingerprint density at radius 3 is 2.57 bits per heavy atom. The maximum atomic E-state index is 13.4. The van der Waals surface area contributed by atoms with Crippen LogP contribution in [0.2, 0.25) is 5.02 Å². The summed E-state index contributed by atoms with van der Waals surface area (Å²) in [5.74, 6) is -2.52. The molecular formula is C19H13ClF4N4O2. The van der Waals surface area contributed by atoms with Crippen LogP contribution >= 0.6 is 11.6 Å². The average molecular weight is 441 g/mol. The molecule has 2 aromatic rings. The van der Waals surface area contributed by atoms with Gasteiger partial charge in [0.2, 0.25) is 5.91 Å². The number of β-lactam (4-membered cyclic amide) rings is 1. The lowest BCUT2D eigenvalue weighted by Gasteiger charge is -2.40. The van der Waals surface area contributed by atoms with Crippen LogP contribution in [0, 0.1) is 24.1 Å². The van der Waals surface area contributed by atoms with Crippen molar-refractivity contribution in [1.82, 2.24) is 4.98 Å². The van der Waals surface area contributed by atoms with E-state index in [4.69, 9.17) is 11.6 Å². The Hall–Kier alpha value is -3.19. The van der Waals surface area contributed by atoms with Gasteiger partial charge < -0.3 is 4.90 Å². The van der Waals surface area contributed by atoms with Gasteiger partial charge in [-0.2, -0.15) is 18.4 Å². The number of aromatic nitrogens is 1. The molecule has 156 valence electrons. The number of alkyl halides is 3. The lowest BCUT2D eigenvalue weighted by Crippen LogP contribution is -2.61. The average Bonchev–Trinajstić information content (AvgIpc) is 2.66. The Kier molecular flexibility index (Phi) is 5.43. The predicted molar refractivity (Wildman–Crippen MR) is 99.4 cm³/mol. The van der Waals surface area contributed by atoms with Crippen LogP contribution < -0.4 is 9.80 Å². The van der Waals surface area contributed by atoms with E-state index < -0.39 is 46.8 Å². The first kappa shape index (κ1) is 21.5. The Balaban J connectivity index is 2.00. The topological polar surface area (TPSA) is 77.3 Å². The number of pyridine rings is 1. The quantitative estimate of drug-likeness (QED) is 0.536. The molecule has 0 N–H and O–H groups in total. The van der Waals surface area contributed by atoms with E-state index >= 15 is 0 Å². The fraction of sp³-hybridized carbons (Fsp3) is 0.263. The first-order valence-electron chi connectivity index (χ1n) is 8.49. The van der Waals surface area contributed by atoms with E-state index in [0.717, 1.165) is 15.9 Å². The molecule has 0 radical (unpaired) electrons. The molecule has 0 saturated carbocycles. The van der Waals surface area contributed by atoms with E-state index in [9.17, 15) is 32.4 Å². The molecule has 2 amide bonds. The fourth-order valence-corrected chi connectivity index (χ4v) is 3.26. The van der Waals surface area contributed by atoms with Gasteiger partial charge in [-0.25, -0.2) is 9.37 Å². The van der Waals surface area contributed by atoms with E-state index in [2.05, 4.69) is 4.98 Å². The summed E-state index contributed by atoms with van der Waals surface area (Å²) in [6.45, 7) is 1.29. The zero-order chi connectivity index (χ0) is 22.4. The van der Waals surface area contributed by atoms with Gasteiger partial charge in [0.1, 0.15) is 23.5 Å². The van der Waals surface area contributed by atoms with Crippen molar-refractivity contribution < 1.29 is 27.2 Å². The van der Waals surface area contributed by atoms with Crippen molar-refractivity contribution in [1.29, 1.82) is 5.26 Å². The highest BCUT2D eigenvalue weighted by Crippen LogP contribution is 2.39. The molecule has 1 aromatic heterocycles. The number of halogens is 5. The monoisotopic (exact) mass is 440 g/mol. The van der Waals surface area contributed by atoms with Gasteiger partial charge in [-0.1, -0.05) is 11.6 Å². The smallest absolute Gasteiger partial charge is 0.314 e. The van der Waals surface area contributed by atoms with Crippen LogP contribution in [0.15, 0.2) is 24.3 Å². The van der Waals surface area contributed by atoms with Gasteiger partial charge in [-0.05, 0) is 31.2 Å². The third-order valence-electron chi connectivity index (χ3n) is 4.63. The molecule has 0 bridgehead atoms. The molecule has 1 atom stereocenters. The second-order valence-corrected chi connectivity index (χ2v) is 7.01. The Morgan fingerprint density at radius 1 is 1.37 bits per heavy atom. The van der Waals surface area contributed by atoms with Gasteiger partial charge in [-0.3, -0.25) is 14.5 Å². The van der Waals surface area contributed by atoms with E-state index in [0.29, 0.717) is 6.07 Å². The molecule has 3 rings (SSSR count). The molecule has 1 fully saturated rings. The molecule has 0 unspecified atom stereocenters. The highest BCUT2D eigenvalue weighted by atomic mass is 35.5. The number of nitriles is 1. The highest BCUT2D eigenvalue weighted by Gasteiger charge is 2.47. The number of likely N-dealkylation sites (N-methyl/N-ethyl adjacent to an activating group) is 1. The Bertz CT molecular complexity index is 1100. The zero-order valence-corrected chi connectivity index (χ0v) is 16.3. The summed E-state index contributed by atoms with van der Waals surface area (Å²) in [5, 5.41) is 9.08. The van der Waals surface area contributed by atoms with Crippen molar-refractivity contribution in [3.63, 3.8) is 0 Å². The van der Waals surface area contributed by atoms with Crippen LogP contribution in [0.25, 0.3) is 0 Å². The maximum Gasteiger partial charge on any atom is 0.417 e. The first-order chi connectivity index (χ1) is 14.0. The number of hydrogen-bond donors (Lipinski definition) is 0. The summed E-state index contributed by atoms with van der Waals surface area (Å²) in [7, 11) is 1.35. The van der Waals surface area contributed by atoms with Gasteiger partial charge in [0.05, 0.1) is 17.0 Å². The molecule has 2 heterocycles. The molecule has 1 saturated heterocycles. The normalized spacial score (nSPS) is 16.1. The van der Waals surface area contributed by atoms with Crippen molar-refractivity contribution in [2.45, 2.75) is 25.6 Å². The standard InChI is InChI=1S/C19H13ClF4N4O2/c1-9-5-12(19(22,23)24)11(8-25)17(26-9)28-15(7-16(28)29)18(30)27(2)10-3-4-14(21)13(20)6-10/h3-6,15H,7H2,1-2H3/t15-/m0/s1. The number of aryl methyl sites for hydroxylation is 1. The van der Waals surface area contributed by atoms with E-state index in [1.54, 1.807) is 0 Å². The number of amides is 2. The summed E-state index contributed by atoms with van der Waals surface area (Å²) in [6.07, 6.45) is -5.12.